The molecule has 1 fully saturated rings. The molecule has 25 heavy (non-hydrogen) atoms. The van der Waals surface area contributed by atoms with E-state index in [0.717, 1.165) is 24.5 Å². The van der Waals surface area contributed by atoms with Gasteiger partial charge in [-0.15, -0.1) is 0 Å². The molecule has 1 aromatic rings. The lowest BCUT2D eigenvalue weighted by molar-refractivity contribution is 0.281. The number of hydrogen-bond donors (Lipinski definition) is 1. The third-order valence-electron chi connectivity index (χ3n) is 3.75. The number of hydrogen-bond acceptors (Lipinski definition) is 4. The first-order valence-electron chi connectivity index (χ1n) is 9.45. The van der Waals surface area contributed by atoms with Gasteiger partial charge in [0.05, 0.1) is 0 Å². The van der Waals surface area contributed by atoms with E-state index in [4.69, 9.17) is 9.63 Å². The van der Waals surface area contributed by atoms with Crippen molar-refractivity contribution < 1.29 is 9.63 Å². The van der Waals surface area contributed by atoms with E-state index in [-0.39, 0.29) is 0 Å². The molecule has 0 spiro atoms. The summed E-state index contributed by atoms with van der Waals surface area (Å²) in [5.41, 5.74) is 1.01. The fourth-order valence-corrected chi connectivity index (χ4v) is 2.42. The number of aromatic nitrogens is 2. The van der Waals surface area contributed by atoms with Crippen LogP contribution in [0, 0.1) is 5.92 Å². The van der Waals surface area contributed by atoms with E-state index in [1.165, 1.54) is 25.7 Å². The zero-order chi connectivity index (χ0) is 19.7. The number of nitrogens with zero attached hydrogens (tertiary/aromatic N) is 2. The lowest BCUT2D eigenvalue weighted by Gasteiger charge is -2.23. The molecular formula is C21H38N2O2. The summed E-state index contributed by atoms with van der Waals surface area (Å²) in [6.45, 7) is 15.9. The lowest BCUT2D eigenvalue weighted by Crippen LogP contribution is -2.11. The van der Waals surface area contributed by atoms with Crippen molar-refractivity contribution in [2.75, 3.05) is 7.11 Å². The molecule has 1 saturated carbocycles. The Labute approximate surface area is 154 Å². The molecule has 0 bridgehead atoms. The second kappa shape index (κ2) is 17.2. The predicted octanol–water partition coefficient (Wildman–Crippen LogP) is 6.17. The highest BCUT2D eigenvalue weighted by molar-refractivity contribution is 5.58. The minimum atomic E-state index is 0.453. The third-order valence-corrected chi connectivity index (χ3v) is 3.75. The highest BCUT2D eigenvalue weighted by Crippen LogP contribution is 2.34. The van der Waals surface area contributed by atoms with E-state index in [2.05, 4.69) is 23.6 Å². The number of allylic oxidation sites excluding steroid dienone is 5. The lowest BCUT2D eigenvalue weighted by atomic mass is 9.83. The molecule has 2 rings (SSSR count). The Morgan fingerprint density at radius 2 is 1.64 bits per heavy atom. The first-order valence-corrected chi connectivity index (χ1v) is 9.45. The molecule has 1 aliphatic carbocycles. The van der Waals surface area contributed by atoms with E-state index in [1.807, 2.05) is 52.8 Å². The average molecular weight is 351 g/mol. The molecule has 0 radical (unpaired) electrons. The monoisotopic (exact) mass is 350 g/mol. The largest absolute Gasteiger partial charge is 0.400 e. The zero-order valence-electron chi connectivity index (χ0n) is 17.2. The second-order valence-electron chi connectivity index (χ2n) is 5.38. The Kier molecular flexibility index (Phi) is 17.5. The molecule has 0 saturated heterocycles. The van der Waals surface area contributed by atoms with Gasteiger partial charge in [0.15, 0.2) is 5.82 Å². The van der Waals surface area contributed by atoms with E-state index in [9.17, 15) is 0 Å². The molecule has 4 nitrogen and oxygen atoms in total. The molecule has 4 heteroatoms. The van der Waals surface area contributed by atoms with E-state index >= 15 is 0 Å². The summed E-state index contributed by atoms with van der Waals surface area (Å²) >= 11 is 0. The van der Waals surface area contributed by atoms with Gasteiger partial charge >= 0.3 is 0 Å². The topological polar surface area (TPSA) is 59.2 Å². The number of rotatable bonds is 4. The van der Waals surface area contributed by atoms with Crippen molar-refractivity contribution in [3.05, 3.63) is 42.6 Å². The van der Waals surface area contributed by atoms with Gasteiger partial charge in [0.2, 0.25) is 5.89 Å². The van der Waals surface area contributed by atoms with Crippen molar-refractivity contribution >= 4 is 5.57 Å². The van der Waals surface area contributed by atoms with Crippen LogP contribution in [0.4, 0.5) is 0 Å². The van der Waals surface area contributed by atoms with Gasteiger partial charge in [-0.1, -0.05) is 70.7 Å². The first-order chi connectivity index (χ1) is 12.2. The fraction of sp³-hybridized carbons (Fsp3) is 0.619. The Morgan fingerprint density at radius 3 is 2.16 bits per heavy atom. The summed E-state index contributed by atoms with van der Waals surface area (Å²) < 4.78 is 5.42. The molecule has 1 heterocycles. The molecule has 144 valence electrons. The van der Waals surface area contributed by atoms with Crippen molar-refractivity contribution in [3.63, 3.8) is 0 Å². The maximum absolute atomic E-state index is 7.00. The number of aliphatic hydroxyl groups excluding tert-OH is 1. The predicted molar refractivity (Wildman–Crippen MR) is 108 cm³/mol. The van der Waals surface area contributed by atoms with E-state index in [1.54, 1.807) is 6.08 Å². The van der Waals surface area contributed by atoms with Crippen LogP contribution in [0.2, 0.25) is 0 Å². The van der Waals surface area contributed by atoms with Crippen molar-refractivity contribution in [1.29, 1.82) is 0 Å². The van der Waals surface area contributed by atoms with Crippen molar-refractivity contribution in [2.45, 2.75) is 73.1 Å². The van der Waals surface area contributed by atoms with Gasteiger partial charge in [-0.3, -0.25) is 0 Å². The average Bonchev–Trinajstić information content (AvgIpc) is 3.18. The van der Waals surface area contributed by atoms with Gasteiger partial charge in [0.1, 0.15) is 0 Å². The fourth-order valence-electron chi connectivity index (χ4n) is 2.42. The van der Waals surface area contributed by atoms with Crippen LogP contribution in [-0.4, -0.2) is 22.4 Å². The molecule has 0 amide bonds. The van der Waals surface area contributed by atoms with Crippen molar-refractivity contribution in [1.82, 2.24) is 10.1 Å². The molecule has 0 atom stereocenters. The van der Waals surface area contributed by atoms with Crippen LogP contribution in [-0.2, 0) is 0 Å². The van der Waals surface area contributed by atoms with Gasteiger partial charge in [-0.2, -0.15) is 4.98 Å². The molecule has 0 unspecified atom stereocenters. The van der Waals surface area contributed by atoms with Gasteiger partial charge in [0, 0.05) is 13.0 Å². The minimum absolute atomic E-state index is 0.453. The molecule has 1 aromatic heterocycles. The van der Waals surface area contributed by atoms with E-state index < -0.39 is 0 Å². The third kappa shape index (κ3) is 10.0. The number of aliphatic hydroxyl groups is 1. The summed E-state index contributed by atoms with van der Waals surface area (Å²) in [5.74, 6) is 2.79. The minimum Gasteiger partial charge on any atom is -0.400 e. The maximum Gasteiger partial charge on any atom is 0.230 e. The maximum atomic E-state index is 7.00. The summed E-state index contributed by atoms with van der Waals surface area (Å²) in [6.07, 6.45) is 12.4. The van der Waals surface area contributed by atoms with Crippen LogP contribution < -0.4 is 0 Å². The molecule has 0 aliphatic heterocycles. The normalized spacial score (nSPS) is 19.6. The van der Waals surface area contributed by atoms with Crippen LogP contribution in [0.1, 0.15) is 84.9 Å². The summed E-state index contributed by atoms with van der Waals surface area (Å²) in [6, 6.07) is 0. The van der Waals surface area contributed by atoms with Crippen LogP contribution in [0.3, 0.4) is 0 Å². The Morgan fingerprint density at radius 1 is 1.08 bits per heavy atom. The quantitative estimate of drug-likeness (QED) is 0.660. The molecule has 1 aliphatic rings. The second-order valence-corrected chi connectivity index (χ2v) is 5.38. The Bertz CT molecular complexity index is 482. The van der Waals surface area contributed by atoms with Gasteiger partial charge in [0.25, 0.3) is 0 Å². The Hall–Kier alpha value is -1.68. The molecular weight excluding hydrogens is 312 g/mol. The highest BCUT2D eigenvalue weighted by Gasteiger charge is 2.24. The zero-order valence-corrected chi connectivity index (χ0v) is 17.2. The van der Waals surface area contributed by atoms with Gasteiger partial charge < -0.3 is 9.63 Å². The van der Waals surface area contributed by atoms with Crippen LogP contribution >= 0.6 is 0 Å². The molecule has 1 N–H and O–H groups in total. The SMILES string of the molecule is C=C/C=C\C=C(/C)c1noc(C2CCC(C)CC2)n1.CC.CC.CO. The molecule has 0 aromatic carbocycles. The van der Waals surface area contributed by atoms with E-state index in [0.29, 0.717) is 11.7 Å². The van der Waals surface area contributed by atoms with Crippen LogP contribution in [0.5, 0.6) is 0 Å². The van der Waals surface area contributed by atoms with Gasteiger partial charge in [-0.05, 0) is 44.1 Å². The van der Waals surface area contributed by atoms with Crippen molar-refractivity contribution in [2.24, 2.45) is 5.92 Å². The van der Waals surface area contributed by atoms with Crippen LogP contribution in [0.15, 0.2) is 35.4 Å². The summed E-state index contributed by atoms with van der Waals surface area (Å²) in [5, 5.41) is 11.1. The summed E-state index contributed by atoms with van der Waals surface area (Å²) in [4.78, 5) is 4.53. The Balaban J connectivity index is 0. The standard InChI is InChI=1S/C16H22N2O.2C2H6.CH4O/c1-4-5-6-7-13(3)15-17-16(19-18-15)14-10-8-12(2)9-11-14;3*1-2/h4-7,12,14H,1,8-11H2,2-3H3;2*1-2H3;2H,1H3/b6-5-,13-7+;;;. The van der Waals surface area contributed by atoms with Crippen LogP contribution in [0.25, 0.3) is 5.57 Å². The first kappa shape index (κ1) is 25.6. The summed E-state index contributed by atoms with van der Waals surface area (Å²) in [7, 11) is 1.00. The smallest absolute Gasteiger partial charge is 0.230 e. The highest BCUT2D eigenvalue weighted by atomic mass is 16.5. The van der Waals surface area contributed by atoms with Gasteiger partial charge in [-0.25, -0.2) is 0 Å². The van der Waals surface area contributed by atoms with Crippen molar-refractivity contribution in [3.8, 4) is 0 Å².